The highest BCUT2D eigenvalue weighted by molar-refractivity contribution is 5.76. The van der Waals surface area contributed by atoms with Gasteiger partial charge in [-0.2, -0.15) is 0 Å². The van der Waals surface area contributed by atoms with Gasteiger partial charge in [-0.25, -0.2) is 0 Å². The minimum atomic E-state index is -0.0491. The molecule has 0 saturated heterocycles. The van der Waals surface area contributed by atoms with Gasteiger partial charge in [-0.3, -0.25) is 4.79 Å². The van der Waals surface area contributed by atoms with Crippen LogP contribution in [0.15, 0.2) is 0 Å². The Hall–Kier alpha value is -0.730. The molecule has 0 aliphatic rings. The maximum Gasteiger partial charge on any atom is 0.248 e. The lowest BCUT2D eigenvalue weighted by atomic mass is 10.4. The molecule has 0 aliphatic carbocycles. The normalized spacial score (nSPS) is 11.1. The number of amides is 1. The first-order valence-corrected chi connectivity index (χ1v) is 7.78. The molecule has 7 nitrogen and oxygen atoms in total. The predicted octanol–water partition coefficient (Wildman–Crippen LogP) is 0.139. The quantitative estimate of drug-likeness (QED) is 0.433. The molecule has 0 atom stereocenters. The van der Waals surface area contributed by atoms with Crippen molar-refractivity contribution in [2.24, 2.45) is 0 Å². The third-order valence-electron chi connectivity index (χ3n) is 2.64. The first kappa shape index (κ1) is 21.3. The summed E-state index contributed by atoms with van der Waals surface area (Å²) in [6.07, 6.45) is 0. The Morgan fingerprint density at radius 1 is 0.864 bits per heavy atom. The van der Waals surface area contributed by atoms with Crippen molar-refractivity contribution in [2.75, 3.05) is 73.5 Å². The van der Waals surface area contributed by atoms with E-state index in [1.165, 1.54) is 4.90 Å². The molecule has 0 unspecified atom stereocenters. The molecule has 0 aromatic carbocycles. The van der Waals surface area contributed by atoms with Gasteiger partial charge in [0.2, 0.25) is 5.91 Å². The Labute approximate surface area is 134 Å². The van der Waals surface area contributed by atoms with Crippen LogP contribution in [-0.2, 0) is 23.7 Å². The number of nitrogens with one attached hydrogen (secondary N) is 1. The van der Waals surface area contributed by atoms with E-state index in [9.17, 15) is 4.79 Å². The van der Waals surface area contributed by atoms with Gasteiger partial charge < -0.3 is 29.2 Å². The van der Waals surface area contributed by atoms with Gasteiger partial charge in [-0.15, -0.1) is 0 Å². The lowest BCUT2D eigenvalue weighted by Crippen LogP contribution is -2.27. The molecule has 132 valence electrons. The van der Waals surface area contributed by atoms with Gasteiger partial charge in [-0.1, -0.05) is 13.8 Å². The predicted molar refractivity (Wildman–Crippen MR) is 85.1 cm³/mol. The second kappa shape index (κ2) is 15.2. The first-order valence-electron chi connectivity index (χ1n) is 7.78. The fourth-order valence-electron chi connectivity index (χ4n) is 1.37. The number of hydrogen-bond donors (Lipinski definition) is 1. The van der Waals surface area contributed by atoms with Gasteiger partial charge in [0.1, 0.15) is 6.61 Å². The van der Waals surface area contributed by atoms with Gasteiger partial charge in [0.25, 0.3) is 0 Å². The summed E-state index contributed by atoms with van der Waals surface area (Å²) in [6, 6.07) is 0.488. The fourth-order valence-corrected chi connectivity index (χ4v) is 1.37. The van der Waals surface area contributed by atoms with Crippen LogP contribution in [-0.4, -0.2) is 90.3 Å². The zero-order chi connectivity index (χ0) is 16.6. The molecular formula is C15H32N2O5. The molecule has 0 spiro atoms. The lowest BCUT2D eigenvalue weighted by molar-refractivity contribution is -0.134. The third-order valence-corrected chi connectivity index (χ3v) is 2.64. The van der Waals surface area contributed by atoms with Crippen molar-refractivity contribution < 1.29 is 23.7 Å². The molecule has 0 aliphatic heterocycles. The number of rotatable bonds is 15. The average molecular weight is 320 g/mol. The van der Waals surface area contributed by atoms with Crippen LogP contribution in [0.1, 0.15) is 13.8 Å². The molecule has 0 radical (unpaired) electrons. The van der Waals surface area contributed by atoms with E-state index in [0.29, 0.717) is 52.3 Å². The van der Waals surface area contributed by atoms with E-state index < -0.39 is 0 Å². The molecule has 0 aromatic rings. The largest absolute Gasteiger partial charge is 0.378 e. The molecular weight excluding hydrogens is 288 g/mol. The van der Waals surface area contributed by atoms with E-state index in [1.54, 1.807) is 14.1 Å². The Morgan fingerprint density at radius 2 is 1.32 bits per heavy atom. The fraction of sp³-hybridized carbons (Fsp3) is 0.933. The SMILES string of the molecule is CC(C)NCCOCCOCCOCCOCC(=O)N(C)C. The molecule has 0 heterocycles. The minimum Gasteiger partial charge on any atom is -0.378 e. The second-order valence-electron chi connectivity index (χ2n) is 5.29. The summed E-state index contributed by atoms with van der Waals surface area (Å²) in [7, 11) is 3.40. The van der Waals surface area contributed by atoms with E-state index in [1.807, 2.05) is 0 Å². The van der Waals surface area contributed by atoms with Gasteiger partial charge in [-0.05, 0) is 0 Å². The molecule has 1 N–H and O–H groups in total. The maximum atomic E-state index is 11.2. The Morgan fingerprint density at radius 3 is 1.77 bits per heavy atom. The van der Waals surface area contributed by atoms with Crippen LogP contribution in [0, 0.1) is 0 Å². The summed E-state index contributed by atoms with van der Waals surface area (Å²) in [4.78, 5) is 12.7. The van der Waals surface area contributed by atoms with E-state index in [2.05, 4.69) is 19.2 Å². The van der Waals surface area contributed by atoms with Crippen LogP contribution < -0.4 is 5.32 Å². The average Bonchev–Trinajstić information content (AvgIpc) is 2.46. The highest BCUT2D eigenvalue weighted by atomic mass is 16.6. The monoisotopic (exact) mass is 320 g/mol. The number of carbonyl (C=O) groups is 1. The van der Waals surface area contributed by atoms with E-state index >= 15 is 0 Å². The maximum absolute atomic E-state index is 11.2. The molecule has 0 rings (SSSR count). The standard InChI is InChI=1S/C15H32N2O5/c1-14(2)16-5-6-19-7-8-20-9-10-21-11-12-22-13-15(18)17(3)4/h14,16H,5-13H2,1-4H3. The zero-order valence-corrected chi connectivity index (χ0v) is 14.4. The van der Waals surface area contributed by atoms with Gasteiger partial charge in [0.15, 0.2) is 0 Å². The first-order chi connectivity index (χ1) is 10.5. The van der Waals surface area contributed by atoms with Crippen molar-refractivity contribution in [1.82, 2.24) is 10.2 Å². The number of carbonyl (C=O) groups excluding carboxylic acids is 1. The minimum absolute atomic E-state index is 0.0491. The summed E-state index contributed by atoms with van der Waals surface area (Å²) in [6.45, 7) is 8.93. The van der Waals surface area contributed by atoms with Crippen LogP contribution >= 0.6 is 0 Å². The van der Waals surface area contributed by atoms with Crippen LogP contribution in [0.4, 0.5) is 0 Å². The molecule has 0 fully saturated rings. The van der Waals surface area contributed by atoms with E-state index in [0.717, 1.165) is 6.54 Å². The van der Waals surface area contributed by atoms with E-state index in [-0.39, 0.29) is 12.5 Å². The zero-order valence-electron chi connectivity index (χ0n) is 14.4. The highest BCUT2D eigenvalue weighted by Crippen LogP contribution is 1.85. The molecule has 0 saturated carbocycles. The molecule has 7 heteroatoms. The van der Waals surface area contributed by atoms with Crippen molar-refractivity contribution in [3.63, 3.8) is 0 Å². The lowest BCUT2D eigenvalue weighted by Gasteiger charge is -2.10. The Balaban J connectivity index is 3.07. The summed E-state index contributed by atoms with van der Waals surface area (Å²) < 4.78 is 21.3. The molecule has 22 heavy (non-hydrogen) atoms. The number of likely N-dealkylation sites (N-methyl/N-ethyl adjacent to an activating group) is 1. The van der Waals surface area contributed by atoms with Gasteiger partial charge >= 0.3 is 0 Å². The van der Waals surface area contributed by atoms with Crippen LogP contribution in [0.2, 0.25) is 0 Å². The smallest absolute Gasteiger partial charge is 0.248 e. The summed E-state index contributed by atoms with van der Waals surface area (Å²) in [5, 5.41) is 3.27. The van der Waals surface area contributed by atoms with Gasteiger partial charge in [0.05, 0.1) is 46.2 Å². The summed E-state index contributed by atoms with van der Waals surface area (Å²) in [5.74, 6) is -0.0491. The third kappa shape index (κ3) is 15.7. The van der Waals surface area contributed by atoms with Crippen molar-refractivity contribution >= 4 is 5.91 Å². The Bertz CT molecular complexity index is 262. The van der Waals surface area contributed by atoms with Crippen LogP contribution in [0.3, 0.4) is 0 Å². The van der Waals surface area contributed by atoms with Crippen LogP contribution in [0.5, 0.6) is 0 Å². The van der Waals surface area contributed by atoms with Gasteiger partial charge in [0, 0.05) is 26.7 Å². The number of nitrogens with zero attached hydrogens (tertiary/aromatic N) is 1. The summed E-state index contributed by atoms with van der Waals surface area (Å²) >= 11 is 0. The van der Waals surface area contributed by atoms with E-state index in [4.69, 9.17) is 18.9 Å². The molecule has 0 bridgehead atoms. The number of ether oxygens (including phenoxy) is 4. The number of hydrogen-bond acceptors (Lipinski definition) is 6. The van der Waals surface area contributed by atoms with Crippen molar-refractivity contribution in [2.45, 2.75) is 19.9 Å². The molecule has 1 amide bonds. The Kier molecular flexibility index (Phi) is 14.7. The van der Waals surface area contributed by atoms with Crippen molar-refractivity contribution in [3.8, 4) is 0 Å². The highest BCUT2D eigenvalue weighted by Gasteiger charge is 2.02. The van der Waals surface area contributed by atoms with Crippen LogP contribution in [0.25, 0.3) is 0 Å². The van der Waals surface area contributed by atoms with Crippen molar-refractivity contribution in [3.05, 3.63) is 0 Å². The van der Waals surface area contributed by atoms with Crippen molar-refractivity contribution in [1.29, 1.82) is 0 Å². The second-order valence-corrected chi connectivity index (χ2v) is 5.29. The molecule has 0 aromatic heterocycles. The summed E-state index contributed by atoms with van der Waals surface area (Å²) in [5.41, 5.74) is 0. The topological polar surface area (TPSA) is 69.3 Å².